The van der Waals surface area contributed by atoms with Gasteiger partial charge in [0.1, 0.15) is 0 Å². The molecule has 1 fully saturated rings. The van der Waals surface area contributed by atoms with Crippen molar-refractivity contribution in [3.63, 3.8) is 0 Å². The van der Waals surface area contributed by atoms with Crippen molar-refractivity contribution in [2.45, 2.75) is 5.25 Å². The van der Waals surface area contributed by atoms with Gasteiger partial charge in [-0.2, -0.15) is 0 Å². The first-order valence-electron chi connectivity index (χ1n) is 2.66. The van der Waals surface area contributed by atoms with Crippen LogP contribution in [0.2, 0.25) is 0 Å². The third-order valence-electron chi connectivity index (χ3n) is 1.15. The van der Waals surface area contributed by atoms with Crippen LogP contribution in [0.25, 0.3) is 0 Å². The first-order chi connectivity index (χ1) is 4.34. The molecule has 0 aromatic heterocycles. The zero-order chi connectivity index (χ0) is 6.69. The molecule has 1 N–H and O–H groups in total. The molecule has 1 rings (SSSR count). The molecule has 1 aliphatic rings. The van der Waals surface area contributed by atoms with Crippen molar-refractivity contribution >= 4 is 23.8 Å². The SMILES string of the molecule is O=CC(=O)C1CNCS1. The summed E-state index contributed by atoms with van der Waals surface area (Å²) >= 11 is 1.48. The van der Waals surface area contributed by atoms with Crippen molar-refractivity contribution < 1.29 is 9.59 Å². The fourth-order valence-electron chi connectivity index (χ4n) is 0.667. The van der Waals surface area contributed by atoms with Gasteiger partial charge in [-0.15, -0.1) is 11.8 Å². The monoisotopic (exact) mass is 145 g/mol. The Morgan fingerprint density at radius 3 is 3.00 bits per heavy atom. The van der Waals surface area contributed by atoms with Gasteiger partial charge in [-0.3, -0.25) is 9.59 Å². The summed E-state index contributed by atoms with van der Waals surface area (Å²) in [6.45, 7) is 0.641. The summed E-state index contributed by atoms with van der Waals surface area (Å²) in [6.07, 6.45) is 0.394. The Morgan fingerprint density at radius 1 is 1.78 bits per heavy atom. The second kappa shape index (κ2) is 2.98. The number of carbonyl (C=O) groups is 2. The first kappa shape index (κ1) is 6.77. The van der Waals surface area contributed by atoms with E-state index >= 15 is 0 Å². The lowest BCUT2D eigenvalue weighted by molar-refractivity contribution is -0.129. The maximum atomic E-state index is 10.6. The minimum Gasteiger partial charge on any atom is -0.306 e. The summed E-state index contributed by atoms with van der Waals surface area (Å²) in [5.74, 6) is 0.481. The summed E-state index contributed by atoms with van der Waals surface area (Å²) in [5.41, 5.74) is 0. The fraction of sp³-hybridized carbons (Fsp3) is 0.600. The Balaban J connectivity index is 2.41. The molecule has 0 bridgehead atoms. The molecule has 1 unspecified atom stereocenters. The van der Waals surface area contributed by atoms with Gasteiger partial charge in [-0.25, -0.2) is 0 Å². The van der Waals surface area contributed by atoms with Gasteiger partial charge < -0.3 is 5.32 Å². The van der Waals surface area contributed by atoms with Crippen molar-refractivity contribution in [1.29, 1.82) is 0 Å². The van der Waals surface area contributed by atoms with Gasteiger partial charge in [0.25, 0.3) is 0 Å². The molecule has 0 amide bonds. The Kier molecular flexibility index (Phi) is 2.24. The number of aldehydes is 1. The highest BCUT2D eigenvalue weighted by molar-refractivity contribution is 8.00. The van der Waals surface area contributed by atoms with Gasteiger partial charge in [-0.1, -0.05) is 0 Å². The lowest BCUT2D eigenvalue weighted by atomic mass is 10.3. The van der Waals surface area contributed by atoms with E-state index in [1.165, 1.54) is 11.8 Å². The Hall–Kier alpha value is -0.350. The molecule has 0 aromatic carbocycles. The van der Waals surface area contributed by atoms with Crippen molar-refractivity contribution in [2.75, 3.05) is 12.4 Å². The summed E-state index contributed by atoms with van der Waals surface area (Å²) in [6, 6.07) is 0. The standard InChI is InChI=1S/C5H7NO2S/c7-2-4(8)5-1-6-3-9-5/h2,5-6H,1,3H2. The van der Waals surface area contributed by atoms with Crippen molar-refractivity contribution in [1.82, 2.24) is 5.32 Å². The highest BCUT2D eigenvalue weighted by Gasteiger charge is 2.21. The lowest BCUT2D eigenvalue weighted by Crippen LogP contribution is -2.22. The van der Waals surface area contributed by atoms with Crippen LogP contribution in [-0.2, 0) is 9.59 Å². The van der Waals surface area contributed by atoms with Crippen LogP contribution < -0.4 is 5.32 Å². The number of Topliss-reactive ketones (excluding diaryl/α,β-unsaturated/α-hetero) is 1. The largest absolute Gasteiger partial charge is 0.306 e. The molecule has 0 radical (unpaired) electrons. The molecule has 9 heavy (non-hydrogen) atoms. The summed E-state index contributed by atoms with van der Waals surface area (Å²) in [7, 11) is 0. The molecule has 1 saturated heterocycles. The summed E-state index contributed by atoms with van der Waals surface area (Å²) < 4.78 is 0. The van der Waals surface area contributed by atoms with Crippen LogP contribution in [0.4, 0.5) is 0 Å². The molecule has 50 valence electrons. The quantitative estimate of drug-likeness (QED) is 0.417. The molecule has 0 aromatic rings. The minimum absolute atomic E-state index is 0.123. The first-order valence-corrected chi connectivity index (χ1v) is 3.71. The fourth-order valence-corrected chi connectivity index (χ4v) is 1.56. The average Bonchev–Trinajstić information content (AvgIpc) is 2.37. The van der Waals surface area contributed by atoms with E-state index in [0.29, 0.717) is 12.8 Å². The Morgan fingerprint density at radius 2 is 2.56 bits per heavy atom. The van der Waals surface area contributed by atoms with Gasteiger partial charge in [0.2, 0.25) is 5.78 Å². The van der Waals surface area contributed by atoms with E-state index in [0.717, 1.165) is 5.88 Å². The highest BCUT2D eigenvalue weighted by Crippen LogP contribution is 2.14. The molecule has 1 aliphatic heterocycles. The van der Waals surface area contributed by atoms with Crippen LogP contribution in [0.15, 0.2) is 0 Å². The maximum absolute atomic E-state index is 10.6. The molecule has 0 aliphatic carbocycles. The molecule has 0 saturated carbocycles. The molecule has 1 heterocycles. The average molecular weight is 145 g/mol. The van der Waals surface area contributed by atoms with Crippen LogP contribution in [0.5, 0.6) is 0 Å². The van der Waals surface area contributed by atoms with Gasteiger partial charge in [-0.05, 0) is 0 Å². The van der Waals surface area contributed by atoms with Crippen molar-refractivity contribution in [2.24, 2.45) is 0 Å². The number of carbonyl (C=O) groups excluding carboxylic acids is 2. The van der Waals surface area contributed by atoms with E-state index in [2.05, 4.69) is 5.32 Å². The van der Waals surface area contributed by atoms with E-state index in [-0.39, 0.29) is 11.0 Å². The molecule has 4 heteroatoms. The summed E-state index contributed by atoms with van der Waals surface area (Å²) in [4.78, 5) is 20.5. The predicted molar refractivity (Wildman–Crippen MR) is 35.3 cm³/mol. The van der Waals surface area contributed by atoms with Crippen molar-refractivity contribution in [3.8, 4) is 0 Å². The number of nitrogens with one attached hydrogen (secondary N) is 1. The topological polar surface area (TPSA) is 46.2 Å². The normalized spacial score (nSPS) is 26.0. The van der Waals surface area contributed by atoms with Crippen LogP contribution in [0.1, 0.15) is 0 Å². The molecular weight excluding hydrogens is 138 g/mol. The molecule has 3 nitrogen and oxygen atoms in total. The molecule has 1 atom stereocenters. The van der Waals surface area contributed by atoms with E-state index in [4.69, 9.17) is 0 Å². The predicted octanol–water partition coefficient (Wildman–Crippen LogP) is -0.583. The van der Waals surface area contributed by atoms with Crippen LogP contribution >= 0.6 is 11.8 Å². The van der Waals surface area contributed by atoms with Crippen molar-refractivity contribution in [3.05, 3.63) is 0 Å². The lowest BCUT2D eigenvalue weighted by Gasteiger charge is -1.96. The second-order valence-corrected chi connectivity index (χ2v) is 2.97. The zero-order valence-electron chi connectivity index (χ0n) is 4.79. The van der Waals surface area contributed by atoms with E-state index in [1.54, 1.807) is 0 Å². The van der Waals surface area contributed by atoms with Gasteiger partial charge in [0, 0.05) is 12.4 Å². The molecule has 0 spiro atoms. The third kappa shape index (κ3) is 1.53. The number of hydrogen-bond acceptors (Lipinski definition) is 4. The van der Waals surface area contributed by atoms with Gasteiger partial charge >= 0.3 is 0 Å². The number of hydrogen-bond donors (Lipinski definition) is 1. The van der Waals surface area contributed by atoms with Gasteiger partial charge in [0.05, 0.1) is 5.25 Å². The number of thioether (sulfide) groups is 1. The van der Waals surface area contributed by atoms with E-state index < -0.39 is 0 Å². The van der Waals surface area contributed by atoms with Gasteiger partial charge in [0.15, 0.2) is 6.29 Å². The van der Waals surface area contributed by atoms with Crippen LogP contribution in [0.3, 0.4) is 0 Å². The molecular formula is C5H7NO2S. The third-order valence-corrected chi connectivity index (χ3v) is 2.32. The highest BCUT2D eigenvalue weighted by atomic mass is 32.2. The van der Waals surface area contributed by atoms with Crippen LogP contribution in [0, 0.1) is 0 Å². The van der Waals surface area contributed by atoms with Crippen LogP contribution in [-0.4, -0.2) is 29.7 Å². The summed E-state index contributed by atoms with van der Waals surface area (Å²) in [5, 5.41) is 2.85. The number of ketones is 1. The zero-order valence-corrected chi connectivity index (χ0v) is 5.61. The Labute approximate surface area is 57.2 Å². The second-order valence-electron chi connectivity index (χ2n) is 1.77. The van der Waals surface area contributed by atoms with E-state index in [1.807, 2.05) is 0 Å². The smallest absolute Gasteiger partial charge is 0.209 e. The van der Waals surface area contributed by atoms with E-state index in [9.17, 15) is 9.59 Å². The Bertz CT molecular complexity index is 131. The maximum Gasteiger partial charge on any atom is 0.209 e. The minimum atomic E-state index is -0.301. The number of rotatable bonds is 2.